The molecule has 0 heterocycles. The Morgan fingerprint density at radius 2 is 1.83 bits per heavy atom. The molecular weight excluding hydrogens is 446 g/mol. The molecule has 0 amide bonds. The number of carboxylic acids is 1. The summed E-state index contributed by atoms with van der Waals surface area (Å²) in [6, 6.07) is 9.94. The van der Waals surface area contributed by atoms with Crippen molar-refractivity contribution in [1.29, 1.82) is 0 Å². The van der Waals surface area contributed by atoms with Crippen LogP contribution in [0.15, 0.2) is 45.3 Å². The predicted octanol–water partition coefficient (Wildman–Crippen LogP) is 4.72. The van der Waals surface area contributed by atoms with Crippen molar-refractivity contribution in [2.45, 2.75) is 19.4 Å². The molecular formula is C16H13Br2NO5. The minimum Gasteiger partial charge on any atom is -0.486 e. The molecule has 0 saturated carbocycles. The number of hydrogen-bond acceptors (Lipinski definition) is 4. The third kappa shape index (κ3) is 4.78. The number of rotatable bonds is 7. The third-order valence-corrected chi connectivity index (χ3v) is 4.42. The Hall–Kier alpha value is -1.93. The van der Waals surface area contributed by atoms with Crippen LogP contribution >= 0.6 is 31.9 Å². The Labute approximate surface area is 154 Å². The van der Waals surface area contributed by atoms with Gasteiger partial charge in [0.1, 0.15) is 12.4 Å². The van der Waals surface area contributed by atoms with Crippen LogP contribution in [0.5, 0.6) is 5.75 Å². The van der Waals surface area contributed by atoms with Crippen molar-refractivity contribution in [2.24, 2.45) is 0 Å². The van der Waals surface area contributed by atoms with E-state index in [1.807, 2.05) is 0 Å². The Kier molecular flexibility index (Phi) is 6.33. The Morgan fingerprint density at radius 3 is 2.42 bits per heavy atom. The largest absolute Gasteiger partial charge is 0.486 e. The molecule has 2 aromatic rings. The van der Waals surface area contributed by atoms with Gasteiger partial charge in [0.25, 0.3) is 5.69 Å². The summed E-state index contributed by atoms with van der Waals surface area (Å²) in [5.74, 6) is -0.355. The summed E-state index contributed by atoms with van der Waals surface area (Å²) in [4.78, 5) is 21.2. The third-order valence-electron chi connectivity index (χ3n) is 3.25. The lowest BCUT2D eigenvalue weighted by Crippen LogP contribution is -2.02. The van der Waals surface area contributed by atoms with Gasteiger partial charge < -0.3 is 9.84 Å². The summed E-state index contributed by atoms with van der Waals surface area (Å²) in [5, 5.41) is 19.8. The van der Waals surface area contributed by atoms with E-state index in [1.54, 1.807) is 30.3 Å². The molecule has 0 saturated heterocycles. The SMILES string of the molecule is O=C(O)CCc1cc(Br)c(OCc2ccccc2[N+](=O)[O-])c(Br)c1. The minimum atomic E-state index is -0.862. The van der Waals surface area contributed by atoms with E-state index in [9.17, 15) is 14.9 Å². The molecule has 0 atom stereocenters. The lowest BCUT2D eigenvalue weighted by atomic mass is 10.1. The molecule has 0 fully saturated rings. The van der Waals surface area contributed by atoms with Gasteiger partial charge in [-0.15, -0.1) is 0 Å². The number of carbonyl (C=O) groups is 1. The number of aliphatic carboxylic acids is 1. The van der Waals surface area contributed by atoms with Gasteiger partial charge in [-0.3, -0.25) is 14.9 Å². The molecule has 8 heteroatoms. The zero-order valence-corrected chi connectivity index (χ0v) is 15.5. The van der Waals surface area contributed by atoms with Crippen molar-refractivity contribution in [3.05, 3.63) is 66.6 Å². The molecule has 1 N–H and O–H groups in total. The van der Waals surface area contributed by atoms with Crippen LogP contribution in [0.2, 0.25) is 0 Å². The number of benzene rings is 2. The molecule has 126 valence electrons. The monoisotopic (exact) mass is 457 g/mol. The quantitative estimate of drug-likeness (QED) is 0.479. The first-order valence-corrected chi connectivity index (χ1v) is 8.52. The van der Waals surface area contributed by atoms with Gasteiger partial charge in [0.2, 0.25) is 0 Å². The number of hydrogen-bond donors (Lipinski definition) is 1. The smallest absolute Gasteiger partial charge is 0.303 e. The van der Waals surface area contributed by atoms with E-state index in [0.717, 1.165) is 5.56 Å². The van der Waals surface area contributed by atoms with Gasteiger partial charge in [0, 0.05) is 12.5 Å². The number of halogens is 2. The van der Waals surface area contributed by atoms with Crippen molar-refractivity contribution in [3.8, 4) is 5.75 Å². The van der Waals surface area contributed by atoms with Crippen molar-refractivity contribution in [2.75, 3.05) is 0 Å². The molecule has 2 rings (SSSR count). The van der Waals surface area contributed by atoms with Crippen molar-refractivity contribution >= 4 is 43.5 Å². The highest BCUT2D eigenvalue weighted by Gasteiger charge is 2.15. The van der Waals surface area contributed by atoms with E-state index in [0.29, 0.717) is 26.7 Å². The lowest BCUT2D eigenvalue weighted by Gasteiger charge is -2.12. The van der Waals surface area contributed by atoms with Gasteiger partial charge in [-0.1, -0.05) is 12.1 Å². The summed E-state index contributed by atoms with van der Waals surface area (Å²) >= 11 is 6.78. The van der Waals surface area contributed by atoms with Crippen LogP contribution in [0, 0.1) is 10.1 Å². The number of nitrogens with zero attached hydrogens (tertiary/aromatic N) is 1. The Morgan fingerprint density at radius 1 is 1.21 bits per heavy atom. The average Bonchev–Trinajstić information content (AvgIpc) is 2.52. The fourth-order valence-electron chi connectivity index (χ4n) is 2.11. The zero-order chi connectivity index (χ0) is 17.7. The number of ether oxygens (including phenoxy) is 1. The van der Waals surface area contributed by atoms with Crippen molar-refractivity contribution < 1.29 is 19.6 Å². The van der Waals surface area contributed by atoms with Crippen LogP contribution in [0.4, 0.5) is 5.69 Å². The Balaban J connectivity index is 2.16. The molecule has 0 aliphatic rings. The molecule has 0 unspecified atom stereocenters. The normalized spacial score (nSPS) is 10.4. The molecule has 0 aliphatic heterocycles. The zero-order valence-electron chi connectivity index (χ0n) is 12.4. The van der Waals surface area contributed by atoms with E-state index in [2.05, 4.69) is 31.9 Å². The Bertz CT molecular complexity index is 756. The number of nitro groups is 1. The van der Waals surface area contributed by atoms with Gasteiger partial charge in [-0.05, 0) is 62.0 Å². The van der Waals surface area contributed by atoms with Crippen LogP contribution < -0.4 is 4.74 Å². The highest BCUT2D eigenvalue weighted by atomic mass is 79.9. The van der Waals surface area contributed by atoms with Gasteiger partial charge >= 0.3 is 5.97 Å². The minimum absolute atomic E-state index is 0.00261. The maximum atomic E-state index is 11.0. The fraction of sp³-hybridized carbons (Fsp3) is 0.188. The van der Waals surface area contributed by atoms with Gasteiger partial charge in [-0.2, -0.15) is 0 Å². The number of carboxylic acid groups (broad SMARTS) is 1. The standard InChI is InChI=1S/C16H13Br2NO5/c17-12-7-10(5-6-15(20)21)8-13(18)16(12)24-9-11-3-1-2-4-14(11)19(22)23/h1-4,7-8H,5-6,9H2,(H,20,21). The maximum Gasteiger partial charge on any atom is 0.303 e. The molecule has 6 nitrogen and oxygen atoms in total. The van der Waals surface area contributed by atoms with Crippen molar-refractivity contribution in [1.82, 2.24) is 0 Å². The molecule has 0 aliphatic carbocycles. The van der Waals surface area contributed by atoms with Crippen LogP contribution in [-0.4, -0.2) is 16.0 Å². The van der Waals surface area contributed by atoms with Gasteiger partial charge in [0.15, 0.2) is 0 Å². The second-order valence-electron chi connectivity index (χ2n) is 4.96. The molecule has 0 radical (unpaired) electrons. The average molecular weight is 459 g/mol. The fourth-order valence-corrected chi connectivity index (χ4v) is 3.62. The van der Waals surface area contributed by atoms with Crippen molar-refractivity contribution in [3.63, 3.8) is 0 Å². The summed E-state index contributed by atoms with van der Waals surface area (Å²) in [5.41, 5.74) is 1.31. The summed E-state index contributed by atoms with van der Waals surface area (Å²) in [6.07, 6.45) is 0.437. The molecule has 0 aromatic heterocycles. The summed E-state index contributed by atoms with van der Waals surface area (Å²) < 4.78 is 7.01. The highest BCUT2D eigenvalue weighted by Crippen LogP contribution is 2.36. The first-order chi connectivity index (χ1) is 11.4. The van der Waals surface area contributed by atoms with Gasteiger partial charge in [-0.25, -0.2) is 0 Å². The van der Waals surface area contributed by atoms with E-state index >= 15 is 0 Å². The highest BCUT2D eigenvalue weighted by molar-refractivity contribution is 9.11. The summed E-state index contributed by atoms with van der Waals surface area (Å²) in [6.45, 7) is 0.0445. The van der Waals surface area contributed by atoms with Crippen LogP contribution in [0.25, 0.3) is 0 Å². The van der Waals surface area contributed by atoms with Crippen LogP contribution in [0.3, 0.4) is 0 Å². The number of aryl methyl sites for hydroxylation is 1. The summed E-state index contributed by atoms with van der Waals surface area (Å²) in [7, 11) is 0. The number of para-hydroxylation sites is 1. The van der Waals surface area contributed by atoms with E-state index in [-0.39, 0.29) is 18.7 Å². The molecule has 0 bridgehead atoms. The van der Waals surface area contributed by atoms with Crippen LogP contribution in [-0.2, 0) is 17.8 Å². The second-order valence-corrected chi connectivity index (χ2v) is 6.67. The van der Waals surface area contributed by atoms with Gasteiger partial charge in [0.05, 0.1) is 19.4 Å². The van der Waals surface area contributed by atoms with E-state index in [4.69, 9.17) is 9.84 Å². The first kappa shape index (κ1) is 18.4. The molecule has 0 spiro atoms. The molecule has 24 heavy (non-hydrogen) atoms. The number of nitro benzene ring substituents is 1. The lowest BCUT2D eigenvalue weighted by molar-refractivity contribution is -0.385. The van der Waals surface area contributed by atoms with E-state index in [1.165, 1.54) is 6.07 Å². The maximum absolute atomic E-state index is 11.0. The molecule has 2 aromatic carbocycles. The van der Waals surface area contributed by atoms with E-state index < -0.39 is 10.9 Å². The van der Waals surface area contributed by atoms with Crippen LogP contribution in [0.1, 0.15) is 17.5 Å². The second kappa shape index (κ2) is 8.25. The topological polar surface area (TPSA) is 89.7 Å². The predicted molar refractivity (Wildman–Crippen MR) is 95.2 cm³/mol. The first-order valence-electron chi connectivity index (χ1n) is 6.93.